The summed E-state index contributed by atoms with van der Waals surface area (Å²) in [6, 6.07) is 8.33. The summed E-state index contributed by atoms with van der Waals surface area (Å²) in [4.78, 5) is 5.55. The van der Waals surface area contributed by atoms with Gasteiger partial charge >= 0.3 is 0 Å². The first-order valence-electron chi connectivity index (χ1n) is 5.22. The summed E-state index contributed by atoms with van der Waals surface area (Å²) in [7, 11) is 0. The van der Waals surface area contributed by atoms with Gasteiger partial charge in [-0.15, -0.1) is 11.3 Å². The van der Waals surface area contributed by atoms with Crippen molar-refractivity contribution in [3.8, 4) is 0 Å². The fourth-order valence-electron chi connectivity index (χ4n) is 1.32. The van der Waals surface area contributed by atoms with Gasteiger partial charge in [-0.1, -0.05) is 24.8 Å². The lowest BCUT2D eigenvalue weighted by molar-refractivity contribution is 0.674. The molecule has 2 rings (SSSR count). The van der Waals surface area contributed by atoms with Crippen LogP contribution in [-0.4, -0.2) is 4.98 Å². The fourth-order valence-corrected chi connectivity index (χ4v) is 3.03. The van der Waals surface area contributed by atoms with Crippen molar-refractivity contribution >= 4 is 23.1 Å². The van der Waals surface area contributed by atoms with E-state index in [1.807, 2.05) is 12.3 Å². The van der Waals surface area contributed by atoms with Crippen molar-refractivity contribution in [1.82, 2.24) is 4.98 Å². The molecular weight excluding hydrogens is 236 g/mol. The second kappa shape index (κ2) is 5.48. The molecule has 0 spiro atoms. The van der Waals surface area contributed by atoms with Crippen molar-refractivity contribution in [2.24, 2.45) is 5.73 Å². The number of aromatic nitrogens is 1. The Morgan fingerprint density at radius 1 is 1.44 bits per heavy atom. The molecule has 0 saturated carbocycles. The first-order valence-corrected chi connectivity index (χ1v) is 6.92. The molecule has 2 nitrogen and oxygen atoms in total. The van der Waals surface area contributed by atoms with Gasteiger partial charge in [-0.05, 0) is 30.0 Å². The molecular formula is C12H14N2S2. The van der Waals surface area contributed by atoms with Gasteiger partial charge in [0.15, 0.2) is 0 Å². The molecule has 0 bridgehead atoms. The maximum Gasteiger partial charge on any atom is 0.0646 e. The fraction of sp³-hybridized carbons (Fsp3) is 0.250. The van der Waals surface area contributed by atoms with E-state index in [1.165, 1.54) is 4.21 Å². The highest BCUT2D eigenvalue weighted by Gasteiger charge is 2.05. The van der Waals surface area contributed by atoms with Crippen molar-refractivity contribution < 1.29 is 0 Å². The molecule has 0 saturated heterocycles. The number of hydrogen-bond donors (Lipinski definition) is 1. The summed E-state index contributed by atoms with van der Waals surface area (Å²) >= 11 is 3.48. The summed E-state index contributed by atoms with van der Waals surface area (Å²) in [6.45, 7) is 2.07. The lowest BCUT2D eigenvalue weighted by atomic mass is 10.1. The van der Waals surface area contributed by atoms with E-state index in [0.29, 0.717) is 0 Å². The van der Waals surface area contributed by atoms with E-state index in [0.717, 1.165) is 17.0 Å². The second-order valence-corrected chi connectivity index (χ2v) is 5.79. The quantitative estimate of drug-likeness (QED) is 0.899. The third kappa shape index (κ3) is 2.84. The molecule has 16 heavy (non-hydrogen) atoms. The molecule has 0 unspecified atom stereocenters. The molecule has 2 N–H and O–H groups in total. The smallest absolute Gasteiger partial charge is 0.0646 e. The van der Waals surface area contributed by atoms with E-state index in [9.17, 15) is 0 Å². The van der Waals surface area contributed by atoms with Crippen LogP contribution >= 0.6 is 23.1 Å². The van der Waals surface area contributed by atoms with Gasteiger partial charge in [-0.3, -0.25) is 4.98 Å². The molecule has 2 aromatic heterocycles. The van der Waals surface area contributed by atoms with Gasteiger partial charge in [0, 0.05) is 17.1 Å². The highest BCUT2D eigenvalue weighted by atomic mass is 32.2. The van der Waals surface area contributed by atoms with Crippen LogP contribution in [0.25, 0.3) is 0 Å². The van der Waals surface area contributed by atoms with Gasteiger partial charge in [0.2, 0.25) is 0 Å². The monoisotopic (exact) mass is 250 g/mol. The molecule has 2 heterocycles. The van der Waals surface area contributed by atoms with Crippen LogP contribution in [0.2, 0.25) is 0 Å². The number of hydrogen-bond acceptors (Lipinski definition) is 4. The largest absolute Gasteiger partial charge is 0.323 e. The molecule has 0 aliphatic heterocycles. The standard InChI is InChI=1S/C12H14N2S2/c1-2-10(13)11-6-5-9(8-14-11)16-12-4-3-7-15-12/h3-8,10H,2,13H2,1H3/t10-/m0/s1. The van der Waals surface area contributed by atoms with E-state index in [4.69, 9.17) is 5.73 Å². The van der Waals surface area contributed by atoms with Crippen molar-refractivity contribution in [2.75, 3.05) is 0 Å². The van der Waals surface area contributed by atoms with Crippen LogP contribution < -0.4 is 5.73 Å². The van der Waals surface area contributed by atoms with E-state index in [1.54, 1.807) is 23.1 Å². The van der Waals surface area contributed by atoms with Crippen molar-refractivity contribution in [2.45, 2.75) is 28.5 Å². The summed E-state index contributed by atoms with van der Waals surface area (Å²) in [5.41, 5.74) is 6.88. The summed E-state index contributed by atoms with van der Waals surface area (Å²) in [5.74, 6) is 0. The molecule has 0 aliphatic carbocycles. The maximum atomic E-state index is 5.91. The van der Waals surface area contributed by atoms with Gasteiger partial charge in [0.1, 0.15) is 0 Å². The third-order valence-corrected chi connectivity index (χ3v) is 4.31. The predicted octanol–water partition coefficient (Wildman–Crippen LogP) is 3.70. The van der Waals surface area contributed by atoms with Crippen molar-refractivity contribution in [3.05, 3.63) is 41.5 Å². The van der Waals surface area contributed by atoms with Crippen LogP contribution in [0.4, 0.5) is 0 Å². The number of nitrogens with zero attached hydrogens (tertiary/aromatic N) is 1. The van der Waals surface area contributed by atoms with Crippen LogP contribution in [0, 0.1) is 0 Å². The zero-order valence-corrected chi connectivity index (χ0v) is 10.7. The number of thiophene rings is 1. The number of pyridine rings is 1. The maximum absolute atomic E-state index is 5.91. The summed E-state index contributed by atoms with van der Waals surface area (Å²) in [5, 5.41) is 2.08. The number of rotatable bonds is 4. The zero-order valence-electron chi connectivity index (χ0n) is 9.09. The van der Waals surface area contributed by atoms with E-state index >= 15 is 0 Å². The van der Waals surface area contributed by atoms with Crippen LogP contribution in [0.5, 0.6) is 0 Å². The lowest BCUT2D eigenvalue weighted by Crippen LogP contribution is -2.10. The number of nitrogens with two attached hydrogens (primary N) is 1. The minimum atomic E-state index is 0.0563. The molecule has 1 atom stereocenters. The molecule has 0 aromatic carbocycles. The van der Waals surface area contributed by atoms with E-state index < -0.39 is 0 Å². The van der Waals surface area contributed by atoms with E-state index in [-0.39, 0.29) is 6.04 Å². The Labute approximate surface area is 104 Å². The summed E-state index contributed by atoms with van der Waals surface area (Å²) in [6.07, 6.45) is 2.82. The molecule has 84 valence electrons. The van der Waals surface area contributed by atoms with Gasteiger partial charge in [0.05, 0.1) is 9.90 Å². The highest BCUT2D eigenvalue weighted by molar-refractivity contribution is 8.01. The van der Waals surface area contributed by atoms with Gasteiger partial charge in [0.25, 0.3) is 0 Å². The Hall–Kier alpha value is -0.840. The average molecular weight is 250 g/mol. The third-order valence-electron chi connectivity index (χ3n) is 2.29. The van der Waals surface area contributed by atoms with Crippen molar-refractivity contribution in [1.29, 1.82) is 0 Å². The molecule has 0 fully saturated rings. The van der Waals surface area contributed by atoms with Gasteiger partial charge in [-0.25, -0.2) is 0 Å². The van der Waals surface area contributed by atoms with E-state index in [2.05, 4.69) is 35.5 Å². The molecule has 0 amide bonds. The minimum Gasteiger partial charge on any atom is -0.323 e. The van der Waals surface area contributed by atoms with Gasteiger partial charge < -0.3 is 5.73 Å². The first kappa shape index (κ1) is 11.6. The predicted molar refractivity (Wildman–Crippen MR) is 69.9 cm³/mol. The Bertz CT molecular complexity index is 423. The zero-order chi connectivity index (χ0) is 11.4. The Kier molecular flexibility index (Phi) is 3.98. The normalized spacial score (nSPS) is 12.6. The van der Waals surface area contributed by atoms with Crippen LogP contribution in [0.15, 0.2) is 44.9 Å². The van der Waals surface area contributed by atoms with Crippen molar-refractivity contribution in [3.63, 3.8) is 0 Å². The summed E-state index contributed by atoms with van der Waals surface area (Å²) < 4.78 is 1.29. The van der Waals surface area contributed by atoms with Gasteiger partial charge in [-0.2, -0.15) is 0 Å². The Balaban J connectivity index is 2.07. The Morgan fingerprint density at radius 3 is 2.88 bits per heavy atom. The van der Waals surface area contributed by atoms with Crippen LogP contribution in [0.3, 0.4) is 0 Å². The lowest BCUT2D eigenvalue weighted by Gasteiger charge is -2.07. The molecule has 0 aliphatic rings. The SMILES string of the molecule is CC[C@H](N)c1ccc(Sc2cccs2)cn1. The Morgan fingerprint density at radius 2 is 2.31 bits per heavy atom. The first-order chi connectivity index (χ1) is 7.79. The molecule has 0 radical (unpaired) electrons. The highest BCUT2D eigenvalue weighted by Crippen LogP contribution is 2.30. The molecule has 4 heteroatoms. The minimum absolute atomic E-state index is 0.0563. The second-order valence-electron chi connectivity index (χ2n) is 3.47. The van der Waals surface area contributed by atoms with Crippen LogP contribution in [-0.2, 0) is 0 Å². The van der Waals surface area contributed by atoms with Crippen LogP contribution in [0.1, 0.15) is 25.1 Å². The topological polar surface area (TPSA) is 38.9 Å². The average Bonchev–Trinajstić information content (AvgIpc) is 2.82. The molecule has 2 aromatic rings.